The van der Waals surface area contributed by atoms with Gasteiger partial charge in [-0.3, -0.25) is 9.59 Å². The zero-order valence-electron chi connectivity index (χ0n) is 28.9. The Morgan fingerprint density at radius 1 is 0.978 bits per heavy atom. The standard InChI is InChI=1S/C38H54O7/c1-23-26-15-16-29-36(7,27(26)21-28(39)31(23)40)18-20-38(9)30(34(3,4)17-19-37(29,38)8)22-35(5,6)32(41)43-24(2)44-33(42)45-25-13-11-10-12-14-25/h15-16,21,24-25,30,40H,10-14,17-20,22H2,1-9H3/t24?,30-,36+,37-,38+/m1/s1. The van der Waals surface area contributed by atoms with Crippen molar-refractivity contribution in [3.05, 3.63) is 46.3 Å². The third-order valence-electron chi connectivity index (χ3n) is 12.8. The molecule has 0 spiro atoms. The fraction of sp³-hybridized carbons (Fsp3) is 0.711. The number of aliphatic hydroxyl groups is 1. The number of carbonyl (C=O) groups excluding carboxylic acids is 3. The molecule has 0 heterocycles. The lowest BCUT2D eigenvalue weighted by atomic mass is 9.36. The van der Waals surface area contributed by atoms with Crippen molar-refractivity contribution >= 4 is 17.9 Å². The van der Waals surface area contributed by atoms with Gasteiger partial charge in [0.25, 0.3) is 0 Å². The van der Waals surface area contributed by atoms with Crippen molar-refractivity contribution in [1.82, 2.24) is 0 Å². The number of fused-ring (bicyclic) bond motifs is 5. The molecule has 0 aromatic rings. The van der Waals surface area contributed by atoms with Crippen molar-refractivity contribution in [1.29, 1.82) is 0 Å². The summed E-state index contributed by atoms with van der Waals surface area (Å²) < 4.78 is 16.5. The molecule has 0 radical (unpaired) electrons. The summed E-state index contributed by atoms with van der Waals surface area (Å²) in [6.07, 6.45) is 13.4. The highest BCUT2D eigenvalue weighted by molar-refractivity contribution is 6.06. The minimum Gasteiger partial charge on any atom is -0.504 e. The molecule has 7 heteroatoms. The van der Waals surface area contributed by atoms with Crippen LogP contribution in [-0.2, 0) is 23.8 Å². The van der Waals surface area contributed by atoms with E-state index < -0.39 is 17.9 Å². The summed E-state index contributed by atoms with van der Waals surface area (Å²) in [5, 5.41) is 10.4. The molecular weight excluding hydrogens is 568 g/mol. The van der Waals surface area contributed by atoms with Gasteiger partial charge in [0.15, 0.2) is 5.76 Å². The summed E-state index contributed by atoms with van der Waals surface area (Å²) in [5.41, 5.74) is 2.54. The number of hydrogen-bond donors (Lipinski definition) is 1. The predicted molar refractivity (Wildman–Crippen MR) is 173 cm³/mol. The average Bonchev–Trinajstić information content (AvgIpc) is 2.96. The predicted octanol–water partition coefficient (Wildman–Crippen LogP) is 9.23. The Bertz CT molecular complexity index is 1390. The van der Waals surface area contributed by atoms with Crippen molar-refractivity contribution in [3.63, 3.8) is 0 Å². The second-order valence-corrected chi connectivity index (χ2v) is 16.5. The summed E-state index contributed by atoms with van der Waals surface area (Å²) >= 11 is 0. The van der Waals surface area contributed by atoms with E-state index in [2.05, 4.69) is 46.8 Å². The van der Waals surface area contributed by atoms with Gasteiger partial charge in [0.2, 0.25) is 12.1 Å². The monoisotopic (exact) mass is 622 g/mol. The molecule has 248 valence electrons. The molecule has 0 bridgehead atoms. The average molecular weight is 623 g/mol. The minimum absolute atomic E-state index is 0.0209. The first kappa shape index (κ1) is 33.5. The van der Waals surface area contributed by atoms with Crippen LogP contribution < -0.4 is 0 Å². The van der Waals surface area contributed by atoms with E-state index in [1.54, 1.807) is 13.0 Å². The molecule has 5 rings (SSSR count). The molecular formula is C38H54O7. The van der Waals surface area contributed by atoms with Gasteiger partial charge in [-0.15, -0.1) is 0 Å². The number of ketones is 1. The molecule has 45 heavy (non-hydrogen) atoms. The number of carbonyl (C=O) groups is 3. The summed E-state index contributed by atoms with van der Waals surface area (Å²) in [5.74, 6) is -0.664. The Morgan fingerprint density at radius 3 is 2.31 bits per heavy atom. The van der Waals surface area contributed by atoms with Gasteiger partial charge in [0.05, 0.1) is 5.41 Å². The van der Waals surface area contributed by atoms with E-state index in [0.29, 0.717) is 12.0 Å². The van der Waals surface area contributed by atoms with Crippen molar-refractivity contribution in [3.8, 4) is 0 Å². The number of allylic oxidation sites excluding steroid dienone is 7. The lowest BCUT2D eigenvalue weighted by molar-refractivity contribution is -0.185. The normalized spacial score (nSPS) is 33.8. The quantitative estimate of drug-likeness (QED) is 0.233. The summed E-state index contributed by atoms with van der Waals surface area (Å²) in [7, 11) is 0. The molecule has 5 aliphatic carbocycles. The zero-order chi connectivity index (χ0) is 33.2. The zero-order valence-corrected chi connectivity index (χ0v) is 28.9. The molecule has 5 aliphatic rings. The van der Waals surface area contributed by atoms with Crippen LogP contribution in [0.4, 0.5) is 4.79 Å². The molecule has 0 aromatic heterocycles. The third kappa shape index (κ3) is 5.60. The van der Waals surface area contributed by atoms with E-state index in [0.717, 1.165) is 68.9 Å². The number of hydrogen-bond acceptors (Lipinski definition) is 7. The maximum atomic E-state index is 13.7. The molecule has 5 atom stereocenters. The molecule has 7 nitrogen and oxygen atoms in total. The highest BCUT2D eigenvalue weighted by Gasteiger charge is 2.65. The largest absolute Gasteiger partial charge is 0.511 e. The molecule has 3 saturated carbocycles. The molecule has 0 amide bonds. The lowest BCUT2D eigenvalue weighted by Crippen LogP contribution is -2.60. The van der Waals surface area contributed by atoms with Gasteiger partial charge < -0.3 is 19.3 Å². The summed E-state index contributed by atoms with van der Waals surface area (Å²) in [6, 6.07) is 0. The number of aliphatic hydroxyl groups excluding tert-OH is 1. The van der Waals surface area contributed by atoms with E-state index in [-0.39, 0.29) is 51.2 Å². The lowest BCUT2D eigenvalue weighted by Gasteiger charge is -2.68. The van der Waals surface area contributed by atoms with Crippen molar-refractivity contribution in [2.45, 2.75) is 139 Å². The Labute approximate surface area is 269 Å². The van der Waals surface area contributed by atoms with Gasteiger partial charge >= 0.3 is 12.1 Å². The number of esters is 1. The summed E-state index contributed by atoms with van der Waals surface area (Å²) in [6.45, 7) is 19.0. The molecule has 3 fully saturated rings. The van der Waals surface area contributed by atoms with Crippen LogP contribution in [0.3, 0.4) is 0 Å². The second-order valence-electron chi connectivity index (χ2n) is 16.5. The van der Waals surface area contributed by atoms with Gasteiger partial charge in [-0.05, 0) is 118 Å². The minimum atomic E-state index is -1.04. The second kappa shape index (κ2) is 11.5. The highest BCUT2D eigenvalue weighted by Crippen LogP contribution is 2.73. The molecule has 1 unspecified atom stereocenters. The van der Waals surface area contributed by atoms with Crippen molar-refractivity contribution in [2.24, 2.45) is 33.0 Å². The van der Waals surface area contributed by atoms with Gasteiger partial charge in [0, 0.05) is 17.9 Å². The van der Waals surface area contributed by atoms with Gasteiger partial charge in [-0.1, -0.05) is 58.8 Å². The molecule has 0 aliphatic heterocycles. The maximum Gasteiger partial charge on any atom is 0.511 e. The van der Waals surface area contributed by atoms with Crippen LogP contribution in [0.2, 0.25) is 0 Å². The van der Waals surface area contributed by atoms with Crippen LogP contribution in [0.5, 0.6) is 0 Å². The third-order valence-corrected chi connectivity index (χ3v) is 12.8. The number of ether oxygens (including phenoxy) is 3. The smallest absolute Gasteiger partial charge is 0.504 e. The Balaban J connectivity index is 1.36. The SMILES string of the molecule is CC1=C(O)C(=O)C=C2C1=CC=C1[C@@]2(C)CC[C@@]2(C)[C@H](CC(C)(C)C(=O)OC(C)OC(=O)OC3CCCCC3)C(C)(C)CC[C@]12C. The first-order valence-corrected chi connectivity index (χ1v) is 17.0. The van der Waals surface area contributed by atoms with Crippen LogP contribution in [0, 0.1) is 33.0 Å². The van der Waals surface area contributed by atoms with Crippen molar-refractivity contribution < 1.29 is 33.7 Å². The Morgan fingerprint density at radius 2 is 1.64 bits per heavy atom. The number of rotatable bonds is 6. The van der Waals surface area contributed by atoms with Crippen LogP contribution in [0.25, 0.3) is 0 Å². The van der Waals surface area contributed by atoms with Gasteiger partial charge in [0.1, 0.15) is 6.10 Å². The van der Waals surface area contributed by atoms with Crippen LogP contribution in [0.1, 0.15) is 127 Å². The topological polar surface area (TPSA) is 99.1 Å². The van der Waals surface area contributed by atoms with E-state index in [4.69, 9.17) is 14.2 Å². The van der Waals surface area contributed by atoms with Crippen LogP contribution in [0.15, 0.2) is 46.3 Å². The van der Waals surface area contributed by atoms with E-state index in [9.17, 15) is 19.5 Å². The molecule has 1 N–H and O–H groups in total. The van der Waals surface area contributed by atoms with Crippen LogP contribution in [-0.4, -0.2) is 35.4 Å². The van der Waals surface area contributed by atoms with Crippen molar-refractivity contribution in [2.75, 3.05) is 0 Å². The summed E-state index contributed by atoms with van der Waals surface area (Å²) in [4.78, 5) is 38.8. The van der Waals surface area contributed by atoms with Gasteiger partial charge in [-0.2, -0.15) is 0 Å². The highest BCUT2D eigenvalue weighted by atomic mass is 16.8. The van der Waals surface area contributed by atoms with Gasteiger partial charge in [-0.25, -0.2) is 4.79 Å². The van der Waals surface area contributed by atoms with Crippen LogP contribution >= 0.6 is 0 Å². The molecule has 0 aromatic carbocycles. The molecule has 0 saturated heterocycles. The van der Waals surface area contributed by atoms with E-state index in [1.165, 1.54) is 5.57 Å². The fourth-order valence-corrected chi connectivity index (χ4v) is 9.61. The fourth-order valence-electron chi connectivity index (χ4n) is 9.61. The van der Waals surface area contributed by atoms with E-state index >= 15 is 0 Å². The first-order valence-electron chi connectivity index (χ1n) is 17.0. The van der Waals surface area contributed by atoms with E-state index in [1.807, 2.05) is 20.8 Å². The maximum absolute atomic E-state index is 13.7. The first-order chi connectivity index (χ1) is 20.9. The Kier molecular flexibility index (Phi) is 8.53. The Hall–Kier alpha value is -2.83.